The van der Waals surface area contributed by atoms with Crippen LogP contribution in [0, 0.1) is 0 Å². The largest absolute Gasteiger partial charge is 0.443 e. The summed E-state index contributed by atoms with van der Waals surface area (Å²) in [6.07, 6.45) is 10.2. The maximum absolute atomic E-state index is 13.5. The van der Waals surface area contributed by atoms with Crippen LogP contribution in [0.5, 0.6) is 0 Å². The first-order valence-electron chi connectivity index (χ1n) is 14.3. The Morgan fingerprint density at radius 3 is 2.59 bits per heavy atom. The molecule has 0 radical (unpaired) electrons. The highest BCUT2D eigenvalue weighted by Crippen LogP contribution is 2.26. The first-order valence-corrected chi connectivity index (χ1v) is 14.3. The van der Waals surface area contributed by atoms with Crippen LogP contribution >= 0.6 is 0 Å². The van der Waals surface area contributed by atoms with E-state index in [9.17, 15) is 9.59 Å². The second-order valence-electron chi connectivity index (χ2n) is 11.5. The summed E-state index contributed by atoms with van der Waals surface area (Å²) in [5.41, 5.74) is 4.26. The average molecular weight is 588 g/mol. The van der Waals surface area contributed by atoms with Crippen molar-refractivity contribution in [2.75, 3.05) is 17.3 Å². The number of ether oxygens (including phenoxy) is 1. The topological polar surface area (TPSA) is 107 Å². The molecule has 222 valence electrons. The van der Waals surface area contributed by atoms with Crippen LogP contribution in [-0.4, -0.2) is 42.7 Å². The zero-order chi connectivity index (χ0) is 30.8. The molecule has 10 nitrogen and oxygen atoms in total. The van der Waals surface area contributed by atoms with E-state index in [0.717, 1.165) is 39.1 Å². The number of rotatable bonds is 7. The minimum atomic E-state index is -0.667. The van der Waals surface area contributed by atoms with Gasteiger partial charge in [-0.3, -0.25) is 14.7 Å². The number of nitrogens with one attached hydrogen (secondary N) is 1. The second kappa shape index (κ2) is 11.6. The molecule has 0 bridgehead atoms. The normalized spacial score (nSPS) is 11.5. The molecule has 0 fully saturated rings. The molecular formula is C34H33N7O3. The molecule has 6 rings (SSSR count). The lowest BCUT2D eigenvalue weighted by molar-refractivity contribution is 0.0576. The van der Waals surface area contributed by atoms with Gasteiger partial charge in [-0.05, 0) is 55.5 Å². The van der Waals surface area contributed by atoms with Crippen LogP contribution in [-0.2, 0) is 17.8 Å². The Hall–Kier alpha value is -5.51. The molecule has 0 saturated heterocycles. The number of carbonyl (C=O) groups excluding carboxylic acids is 1. The molecule has 0 unspecified atom stereocenters. The summed E-state index contributed by atoms with van der Waals surface area (Å²) in [6, 6.07) is 19.3. The Morgan fingerprint density at radius 1 is 1.00 bits per heavy atom. The van der Waals surface area contributed by atoms with Gasteiger partial charge in [0.15, 0.2) is 0 Å². The Labute approximate surface area is 254 Å². The van der Waals surface area contributed by atoms with Gasteiger partial charge in [-0.25, -0.2) is 14.8 Å². The van der Waals surface area contributed by atoms with Gasteiger partial charge in [0.05, 0.1) is 24.2 Å². The molecule has 5 heterocycles. The van der Waals surface area contributed by atoms with Gasteiger partial charge in [-0.2, -0.15) is 0 Å². The third-order valence-corrected chi connectivity index (χ3v) is 7.14. The third-order valence-electron chi connectivity index (χ3n) is 7.14. The summed E-state index contributed by atoms with van der Waals surface area (Å²) in [4.78, 5) is 41.8. The van der Waals surface area contributed by atoms with Crippen LogP contribution in [0.25, 0.3) is 27.5 Å². The third kappa shape index (κ3) is 6.00. The summed E-state index contributed by atoms with van der Waals surface area (Å²) in [5, 5.41) is 4.50. The summed E-state index contributed by atoms with van der Waals surface area (Å²) in [5.74, 6) is 0.470. The summed E-state index contributed by atoms with van der Waals surface area (Å²) in [7, 11) is 1.81. The van der Waals surface area contributed by atoms with Crippen molar-refractivity contribution in [2.24, 2.45) is 0 Å². The Bertz CT molecular complexity index is 2030. The highest BCUT2D eigenvalue weighted by Gasteiger charge is 2.25. The SMILES string of the molecule is CNc1ccnc(N(Cc2ccc3nc(Cn4ccc5c(-c6ccccc6)cncc5c4=O)cn3c2)C(=O)OC(C)(C)C)c1. The van der Waals surface area contributed by atoms with E-state index >= 15 is 0 Å². The molecule has 1 N–H and O–H groups in total. The van der Waals surface area contributed by atoms with E-state index in [1.807, 2.05) is 99.2 Å². The fourth-order valence-electron chi connectivity index (χ4n) is 5.07. The Balaban J connectivity index is 1.28. The number of nitrogens with zero attached hydrogens (tertiary/aromatic N) is 6. The minimum absolute atomic E-state index is 0.130. The van der Waals surface area contributed by atoms with E-state index in [0.29, 0.717) is 17.7 Å². The van der Waals surface area contributed by atoms with Crippen molar-refractivity contribution in [2.45, 2.75) is 39.5 Å². The average Bonchev–Trinajstić information content (AvgIpc) is 3.42. The van der Waals surface area contributed by atoms with Gasteiger partial charge < -0.3 is 19.0 Å². The number of amides is 1. The molecule has 6 aromatic rings. The zero-order valence-corrected chi connectivity index (χ0v) is 25.1. The van der Waals surface area contributed by atoms with Gasteiger partial charge in [-0.1, -0.05) is 36.4 Å². The van der Waals surface area contributed by atoms with Crippen LogP contribution in [0.1, 0.15) is 32.0 Å². The van der Waals surface area contributed by atoms with Crippen LogP contribution in [0.15, 0.2) is 103 Å². The molecule has 0 aliphatic heterocycles. The molecule has 1 amide bonds. The molecule has 44 heavy (non-hydrogen) atoms. The summed E-state index contributed by atoms with van der Waals surface area (Å²) < 4.78 is 9.25. The van der Waals surface area contributed by atoms with Crippen molar-refractivity contribution < 1.29 is 9.53 Å². The van der Waals surface area contributed by atoms with Crippen molar-refractivity contribution in [1.29, 1.82) is 0 Å². The number of imidazole rings is 1. The van der Waals surface area contributed by atoms with Crippen molar-refractivity contribution in [3.8, 4) is 11.1 Å². The predicted octanol–water partition coefficient (Wildman–Crippen LogP) is 6.14. The zero-order valence-electron chi connectivity index (χ0n) is 25.1. The summed E-state index contributed by atoms with van der Waals surface area (Å²) >= 11 is 0. The van der Waals surface area contributed by atoms with Crippen LogP contribution in [0.4, 0.5) is 16.3 Å². The standard InChI is InChI=1S/C34H33N7O3/c1-34(2,3)44-33(43)41(31-16-25(35-4)12-14-37-31)20-23-10-11-30-38-26(22-40(30)19-23)21-39-15-13-27-28(24-8-6-5-7-9-24)17-36-18-29(27)32(39)42/h5-19,22H,20-21H2,1-4H3,(H,35,37). The molecule has 0 aliphatic rings. The molecule has 0 aliphatic carbocycles. The first-order chi connectivity index (χ1) is 21.2. The van der Waals surface area contributed by atoms with Crippen LogP contribution in [0.3, 0.4) is 0 Å². The lowest BCUT2D eigenvalue weighted by Crippen LogP contribution is -2.37. The fraction of sp³-hybridized carbons (Fsp3) is 0.206. The van der Waals surface area contributed by atoms with Crippen molar-refractivity contribution >= 4 is 34.0 Å². The molecule has 10 heteroatoms. The van der Waals surface area contributed by atoms with Crippen LogP contribution < -0.4 is 15.8 Å². The number of hydrogen-bond donors (Lipinski definition) is 1. The molecule has 0 saturated carbocycles. The number of pyridine rings is 4. The van der Waals surface area contributed by atoms with Gasteiger partial charge in [0.2, 0.25) is 0 Å². The van der Waals surface area contributed by atoms with Crippen molar-refractivity contribution in [3.05, 3.63) is 119 Å². The first kappa shape index (κ1) is 28.6. The molecular weight excluding hydrogens is 554 g/mol. The van der Waals surface area contributed by atoms with Crippen molar-refractivity contribution in [3.63, 3.8) is 0 Å². The number of fused-ring (bicyclic) bond motifs is 2. The second-order valence-corrected chi connectivity index (χ2v) is 11.5. The van der Waals surface area contributed by atoms with E-state index < -0.39 is 11.7 Å². The predicted molar refractivity (Wildman–Crippen MR) is 172 cm³/mol. The smallest absolute Gasteiger partial charge is 0.416 e. The number of carbonyl (C=O) groups is 1. The lowest BCUT2D eigenvalue weighted by atomic mass is 10.0. The molecule has 0 atom stereocenters. The van der Waals surface area contributed by atoms with Gasteiger partial charge >= 0.3 is 6.09 Å². The molecule has 5 aromatic heterocycles. The van der Waals surface area contributed by atoms with E-state index in [-0.39, 0.29) is 12.1 Å². The van der Waals surface area contributed by atoms with E-state index in [1.54, 1.807) is 35.4 Å². The molecule has 1 aromatic carbocycles. The Morgan fingerprint density at radius 2 is 1.82 bits per heavy atom. The van der Waals surface area contributed by atoms with Gasteiger partial charge in [0, 0.05) is 61.5 Å². The number of aromatic nitrogens is 5. The van der Waals surface area contributed by atoms with E-state index in [1.165, 1.54) is 4.90 Å². The number of anilines is 2. The lowest BCUT2D eigenvalue weighted by Gasteiger charge is -2.27. The summed E-state index contributed by atoms with van der Waals surface area (Å²) in [6.45, 7) is 6.03. The Kier molecular flexibility index (Phi) is 7.57. The highest BCUT2D eigenvalue weighted by atomic mass is 16.6. The number of hydrogen-bond acceptors (Lipinski definition) is 7. The molecule has 0 spiro atoms. The maximum Gasteiger partial charge on any atom is 0.416 e. The highest BCUT2D eigenvalue weighted by molar-refractivity contribution is 5.95. The minimum Gasteiger partial charge on any atom is -0.443 e. The monoisotopic (exact) mass is 587 g/mol. The maximum atomic E-state index is 13.5. The number of benzene rings is 1. The van der Waals surface area contributed by atoms with E-state index in [2.05, 4.69) is 15.3 Å². The van der Waals surface area contributed by atoms with Crippen molar-refractivity contribution in [1.82, 2.24) is 23.9 Å². The van der Waals surface area contributed by atoms with E-state index in [4.69, 9.17) is 9.72 Å². The van der Waals surface area contributed by atoms with Gasteiger partial charge in [-0.15, -0.1) is 0 Å². The quantitative estimate of drug-likeness (QED) is 0.239. The van der Waals surface area contributed by atoms with Gasteiger partial charge in [0.25, 0.3) is 5.56 Å². The fourth-order valence-corrected chi connectivity index (χ4v) is 5.07. The van der Waals surface area contributed by atoms with Gasteiger partial charge in [0.1, 0.15) is 17.1 Å². The van der Waals surface area contributed by atoms with Crippen LogP contribution in [0.2, 0.25) is 0 Å².